The molecule has 0 saturated heterocycles. The Labute approximate surface area is 186 Å². The van der Waals surface area contributed by atoms with Crippen LogP contribution in [0.5, 0.6) is 0 Å². The molecule has 0 bridgehead atoms. The second-order valence-electron chi connectivity index (χ2n) is 12.5. The first-order valence-corrected chi connectivity index (χ1v) is 13.5. The van der Waals surface area contributed by atoms with Crippen LogP contribution in [0.1, 0.15) is 118 Å². The van der Waals surface area contributed by atoms with Crippen molar-refractivity contribution in [2.45, 2.75) is 118 Å². The van der Waals surface area contributed by atoms with Crippen molar-refractivity contribution in [1.82, 2.24) is 0 Å². The SMILES string of the molecule is CC[C@H](CCCCC1CCC2C3CCC4=CC(=O)CC[C@]4(C)C3CC[C@]12C)C(C)C. The van der Waals surface area contributed by atoms with Crippen LogP contribution in [0.15, 0.2) is 11.6 Å². The summed E-state index contributed by atoms with van der Waals surface area (Å²) in [5.41, 5.74) is 2.46. The first-order valence-electron chi connectivity index (χ1n) is 13.5. The highest BCUT2D eigenvalue weighted by Gasteiger charge is 2.58. The Kier molecular flexibility index (Phi) is 6.59. The molecule has 0 aromatic rings. The van der Waals surface area contributed by atoms with Crippen LogP contribution >= 0.6 is 0 Å². The predicted octanol–water partition coefficient (Wildman–Crippen LogP) is 8.38. The van der Waals surface area contributed by atoms with Gasteiger partial charge in [0.25, 0.3) is 0 Å². The molecule has 0 aromatic carbocycles. The van der Waals surface area contributed by atoms with Gasteiger partial charge in [-0.15, -0.1) is 0 Å². The summed E-state index contributed by atoms with van der Waals surface area (Å²) in [4.78, 5) is 12.0. The van der Waals surface area contributed by atoms with Crippen molar-refractivity contribution in [3.8, 4) is 0 Å². The maximum Gasteiger partial charge on any atom is 0.155 e. The quantitative estimate of drug-likeness (QED) is 0.384. The smallest absolute Gasteiger partial charge is 0.155 e. The van der Waals surface area contributed by atoms with Gasteiger partial charge in [0, 0.05) is 6.42 Å². The highest BCUT2D eigenvalue weighted by molar-refractivity contribution is 5.91. The molecule has 1 nitrogen and oxygen atoms in total. The van der Waals surface area contributed by atoms with E-state index in [9.17, 15) is 4.79 Å². The van der Waals surface area contributed by atoms with Gasteiger partial charge in [0.1, 0.15) is 0 Å². The van der Waals surface area contributed by atoms with Gasteiger partial charge in [-0.1, -0.05) is 65.9 Å². The van der Waals surface area contributed by atoms with E-state index in [2.05, 4.69) is 40.7 Å². The number of fused-ring (bicyclic) bond motifs is 5. The van der Waals surface area contributed by atoms with Crippen molar-refractivity contribution in [1.29, 1.82) is 0 Å². The fraction of sp³-hybridized carbons (Fsp3) is 0.897. The van der Waals surface area contributed by atoms with Gasteiger partial charge in [0.2, 0.25) is 0 Å². The van der Waals surface area contributed by atoms with Gasteiger partial charge >= 0.3 is 0 Å². The molecule has 0 N–H and O–H groups in total. The summed E-state index contributed by atoms with van der Waals surface area (Å²) in [6.07, 6.45) is 19.6. The second-order valence-corrected chi connectivity index (χ2v) is 12.5. The zero-order chi connectivity index (χ0) is 21.5. The molecule has 1 heteroatoms. The third-order valence-electron chi connectivity index (χ3n) is 11.0. The molecular formula is C29H48O. The molecule has 0 spiro atoms. The molecule has 4 aliphatic carbocycles. The highest BCUT2D eigenvalue weighted by atomic mass is 16.1. The number of carbonyl (C=O) groups excluding carboxylic acids is 1. The van der Waals surface area contributed by atoms with Crippen molar-refractivity contribution in [2.75, 3.05) is 0 Å². The first kappa shape index (κ1) is 22.6. The normalized spacial score (nSPS) is 41.8. The van der Waals surface area contributed by atoms with E-state index in [-0.39, 0.29) is 0 Å². The first-order chi connectivity index (χ1) is 14.3. The lowest BCUT2D eigenvalue weighted by atomic mass is 9.46. The molecule has 3 fully saturated rings. The number of hydrogen-bond donors (Lipinski definition) is 0. The molecule has 170 valence electrons. The molecule has 0 amide bonds. The largest absolute Gasteiger partial charge is 0.295 e. The van der Waals surface area contributed by atoms with Crippen LogP contribution in [0.3, 0.4) is 0 Å². The number of rotatable bonds is 7. The second kappa shape index (κ2) is 8.74. The summed E-state index contributed by atoms with van der Waals surface area (Å²) in [6.45, 7) is 12.4. The minimum Gasteiger partial charge on any atom is -0.295 e. The van der Waals surface area contributed by atoms with Crippen molar-refractivity contribution in [3.63, 3.8) is 0 Å². The zero-order valence-electron chi connectivity index (χ0n) is 20.6. The van der Waals surface area contributed by atoms with E-state index in [1.165, 1.54) is 76.2 Å². The average Bonchev–Trinajstić information content (AvgIpc) is 3.04. The zero-order valence-corrected chi connectivity index (χ0v) is 20.6. The molecule has 0 radical (unpaired) electrons. The molecule has 4 rings (SSSR count). The Balaban J connectivity index is 1.38. The molecule has 4 unspecified atom stereocenters. The molecule has 0 aromatic heterocycles. The van der Waals surface area contributed by atoms with Crippen molar-refractivity contribution in [2.24, 2.45) is 46.3 Å². The minimum absolute atomic E-state index is 0.336. The Morgan fingerprint density at radius 2 is 1.80 bits per heavy atom. The van der Waals surface area contributed by atoms with Gasteiger partial charge in [-0.05, 0) is 104 Å². The summed E-state index contributed by atoms with van der Waals surface area (Å²) in [5, 5.41) is 0. The third-order valence-corrected chi connectivity index (χ3v) is 11.0. The van der Waals surface area contributed by atoms with Gasteiger partial charge in [-0.3, -0.25) is 4.79 Å². The topological polar surface area (TPSA) is 17.1 Å². The number of unbranched alkanes of at least 4 members (excludes halogenated alkanes) is 1. The number of carbonyl (C=O) groups is 1. The van der Waals surface area contributed by atoms with Crippen LogP contribution in [0.2, 0.25) is 0 Å². The van der Waals surface area contributed by atoms with Gasteiger partial charge in [-0.25, -0.2) is 0 Å². The number of ketones is 1. The summed E-state index contributed by atoms with van der Waals surface area (Å²) in [5.74, 6) is 5.87. The standard InChI is InChI=1S/C29H48O/c1-6-21(20(2)3)9-7-8-10-22-12-14-26-25-13-11-23-19-24(30)15-17-29(23,5)27(25)16-18-28(22,26)4/h19-22,25-27H,6-18H2,1-5H3/t21-,22?,25?,26?,27?,28-,29+/m1/s1. The van der Waals surface area contributed by atoms with Gasteiger partial charge in [0.15, 0.2) is 5.78 Å². The monoisotopic (exact) mass is 412 g/mol. The predicted molar refractivity (Wildman–Crippen MR) is 127 cm³/mol. The van der Waals surface area contributed by atoms with Crippen LogP contribution in [-0.4, -0.2) is 5.78 Å². The summed E-state index contributed by atoms with van der Waals surface area (Å²) in [7, 11) is 0. The van der Waals surface area contributed by atoms with Crippen molar-refractivity contribution in [3.05, 3.63) is 11.6 Å². The van der Waals surface area contributed by atoms with E-state index in [4.69, 9.17) is 0 Å². The summed E-state index contributed by atoms with van der Waals surface area (Å²) < 4.78 is 0. The lowest BCUT2D eigenvalue weighted by Gasteiger charge is -2.58. The van der Waals surface area contributed by atoms with Crippen LogP contribution in [0.25, 0.3) is 0 Å². The Morgan fingerprint density at radius 3 is 2.53 bits per heavy atom. The molecule has 0 heterocycles. The van der Waals surface area contributed by atoms with E-state index in [1.54, 1.807) is 0 Å². The van der Waals surface area contributed by atoms with E-state index in [0.717, 1.165) is 48.3 Å². The fourth-order valence-electron chi connectivity index (χ4n) is 8.95. The van der Waals surface area contributed by atoms with Gasteiger partial charge in [-0.2, -0.15) is 0 Å². The number of hydrogen-bond acceptors (Lipinski definition) is 1. The maximum atomic E-state index is 12.0. The lowest BCUT2D eigenvalue weighted by molar-refractivity contribution is -0.117. The van der Waals surface area contributed by atoms with Gasteiger partial charge in [0.05, 0.1) is 0 Å². The average molecular weight is 413 g/mol. The Morgan fingerprint density at radius 1 is 1.00 bits per heavy atom. The molecule has 4 aliphatic rings. The summed E-state index contributed by atoms with van der Waals surface area (Å²) in [6, 6.07) is 0. The third kappa shape index (κ3) is 3.86. The fourth-order valence-corrected chi connectivity index (χ4v) is 8.95. The maximum absolute atomic E-state index is 12.0. The van der Waals surface area contributed by atoms with E-state index < -0.39 is 0 Å². The molecule has 7 atom stereocenters. The highest BCUT2D eigenvalue weighted by Crippen LogP contribution is 2.67. The van der Waals surface area contributed by atoms with Crippen LogP contribution < -0.4 is 0 Å². The van der Waals surface area contributed by atoms with Crippen LogP contribution in [0, 0.1) is 46.3 Å². The summed E-state index contributed by atoms with van der Waals surface area (Å²) >= 11 is 0. The Hall–Kier alpha value is -0.590. The van der Waals surface area contributed by atoms with Gasteiger partial charge < -0.3 is 0 Å². The van der Waals surface area contributed by atoms with Crippen LogP contribution in [0.4, 0.5) is 0 Å². The molecule has 30 heavy (non-hydrogen) atoms. The molecular weight excluding hydrogens is 364 g/mol. The number of allylic oxidation sites excluding steroid dienone is 1. The van der Waals surface area contributed by atoms with Crippen molar-refractivity contribution >= 4 is 5.78 Å². The molecule has 0 aliphatic heterocycles. The van der Waals surface area contributed by atoms with Crippen molar-refractivity contribution < 1.29 is 4.79 Å². The van der Waals surface area contributed by atoms with E-state index in [0.29, 0.717) is 16.6 Å². The van der Waals surface area contributed by atoms with E-state index >= 15 is 0 Å². The lowest BCUT2D eigenvalue weighted by Crippen LogP contribution is -2.50. The van der Waals surface area contributed by atoms with E-state index in [1.807, 2.05) is 0 Å². The Bertz CT molecular complexity index is 659. The molecule has 3 saturated carbocycles. The minimum atomic E-state index is 0.336. The van der Waals surface area contributed by atoms with Crippen LogP contribution in [-0.2, 0) is 4.79 Å².